The van der Waals surface area contributed by atoms with Gasteiger partial charge in [-0.15, -0.1) is 0 Å². The van der Waals surface area contributed by atoms with Crippen molar-refractivity contribution in [2.24, 2.45) is 0 Å². The van der Waals surface area contributed by atoms with E-state index < -0.39 is 16.0 Å². The first-order valence-corrected chi connectivity index (χ1v) is 7.89. The van der Waals surface area contributed by atoms with E-state index in [0.717, 1.165) is 0 Å². The summed E-state index contributed by atoms with van der Waals surface area (Å²) in [7, 11) is -2.48. The molecular formula is C14H12ClNO5S. The number of anilines is 1. The van der Waals surface area contributed by atoms with Crippen molar-refractivity contribution in [1.82, 2.24) is 0 Å². The Kier molecular flexibility index (Phi) is 4.58. The zero-order chi connectivity index (χ0) is 16.3. The number of sulfonamides is 1. The van der Waals surface area contributed by atoms with E-state index in [4.69, 9.17) is 21.4 Å². The second kappa shape index (κ2) is 6.25. The number of hydrogen-bond acceptors (Lipinski definition) is 4. The molecule has 0 atom stereocenters. The quantitative estimate of drug-likeness (QED) is 0.872. The lowest BCUT2D eigenvalue weighted by atomic mass is 10.2. The number of carboxylic acid groups (broad SMARTS) is 1. The summed E-state index contributed by atoms with van der Waals surface area (Å²) in [6.45, 7) is 0. The van der Waals surface area contributed by atoms with Crippen LogP contribution in [0.2, 0.25) is 5.02 Å². The molecule has 0 heterocycles. The molecule has 8 heteroatoms. The van der Waals surface area contributed by atoms with Gasteiger partial charge in [0.05, 0.1) is 23.3 Å². The van der Waals surface area contributed by atoms with Crippen LogP contribution < -0.4 is 9.46 Å². The normalized spacial score (nSPS) is 11.0. The van der Waals surface area contributed by atoms with E-state index in [1.807, 2.05) is 0 Å². The molecule has 2 rings (SSSR count). The molecule has 22 heavy (non-hydrogen) atoms. The Morgan fingerprint density at radius 1 is 1.18 bits per heavy atom. The molecule has 0 aliphatic carbocycles. The van der Waals surface area contributed by atoms with Crippen molar-refractivity contribution in [1.29, 1.82) is 0 Å². The lowest BCUT2D eigenvalue weighted by Crippen LogP contribution is -2.14. The third-order valence-corrected chi connectivity index (χ3v) is 4.43. The number of halogens is 1. The number of hydrogen-bond donors (Lipinski definition) is 2. The molecule has 2 N–H and O–H groups in total. The van der Waals surface area contributed by atoms with Crippen molar-refractivity contribution in [2.75, 3.05) is 11.8 Å². The number of benzene rings is 2. The third kappa shape index (κ3) is 3.49. The number of rotatable bonds is 5. The average Bonchev–Trinajstić information content (AvgIpc) is 2.47. The molecule has 2 aromatic carbocycles. The van der Waals surface area contributed by atoms with Crippen LogP contribution in [-0.4, -0.2) is 26.6 Å². The molecule has 0 amide bonds. The first-order chi connectivity index (χ1) is 10.3. The Balaban J connectivity index is 2.35. The van der Waals surface area contributed by atoms with Gasteiger partial charge >= 0.3 is 5.97 Å². The second-order valence-electron chi connectivity index (χ2n) is 4.28. The minimum atomic E-state index is -3.89. The molecule has 0 radical (unpaired) electrons. The van der Waals surface area contributed by atoms with Crippen molar-refractivity contribution >= 4 is 33.3 Å². The van der Waals surface area contributed by atoms with Gasteiger partial charge in [-0.25, -0.2) is 13.2 Å². The molecule has 0 aliphatic rings. The van der Waals surface area contributed by atoms with E-state index in [2.05, 4.69) is 4.72 Å². The van der Waals surface area contributed by atoms with Crippen LogP contribution in [0.3, 0.4) is 0 Å². The standard InChI is InChI=1S/C14H12ClNO5S/c1-21-13-7-4-10(15)8-12(13)16-22(19,20)11-5-2-9(3-6-11)14(17)18/h2-8,16H,1H3,(H,17,18). The maximum Gasteiger partial charge on any atom is 0.335 e. The van der Waals surface area contributed by atoms with Crippen molar-refractivity contribution < 1.29 is 23.1 Å². The number of carbonyl (C=O) groups is 1. The van der Waals surface area contributed by atoms with Gasteiger partial charge in [0.1, 0.15) is 5.75 Å². The number of ether oxygens (including phenoxy) is 1. The van der Waals surface area contributed by atoms with Crippen LogP contribution in [0.5, 0.6) is 5.75 Å². The molecule has 0 fully saturated rings. The largest absolute Gasteiger partial charge is 0.495 e. The monoisotopic (exact) mass is 341 g/mol. The van der Waals surface area contributed by atoms with Gasteiger partial charge in [0.15, 0.2) is 0 Å². The predicted octanol–water partition coefficient (Wildman–Crippen LogP) is 2.85. The van der Waals surface area contributed by atoms with Gasteiger partial charge in [0, 0.05) is 5.02 Å². The van der Waals surface area contributed by atoms with E-state index in [1.165, 1.54) is 43.5 Å². The Morgan fingerprint density at radius 2 is 1.82 bits per heavy atom. The summed E-state index contributed by atoms with van der Waals surface area (Å²) in [4.78, 5) is 10.7. The van der Waals surface area contributed by atoms with E-state index in [1.54, 1.807) is 6.07 Å². The highest BCUT2D eigenvalue weighted by Crippen LogP contribution is 2.29. The number of aromatic carboxylic acids is 1. The Hall–Kier alpha value is -2.25. The Bertz CT molecular complexity index is 802. The van der Waals surface area contributed by atoms with E-state index in [-0.39, 0.29) is 16.1 Å². The van der Waals surface area contributed by atoms with E-state index in [0.29, 0.717) is 10.8 Å². The summed E-state index contributed by atoms with van der Waals surface area (Å²) in [5, 5.41) is 9.16. The molecule has 0 aliphatic heterocycles. The maximum absolute atomic E-state index is 12.3. The SMILES string of the molecule is COc1ccc(Cl)cc1NS(=O)(=O)c1ccc(C(=O)O)cc1. The van der Waals surface area contributed by atoms with Crippen molar-refractivity contribution in [3.8, 4) is 5.75 Å². The molecular weight excluding hydrogens is 330 g/mol. The van der Waals surface area contributed by atoms with E-state index >= 15 is 0 Å². The van der Waals surface area contributed by atoms with Gasteiger partial charge in [-0.05, 0) is 42.5 Å². The van der Waals surface area contributed by atoms with Crippen LogP contribution in [0.25, 0.3) is 0 Å². The molecule has 0 aromatic heterocycles. The summed E-state index contributed by atoms with van der Waals surface area (Å²) < 4.78 is 32.0. The zero-order valence-electron chi connectivity index (χ0n) is 11.4. The first kappa shape index (κ1) is 16.1. The van der Waals surface area contributed by atoms with Gasteiger partial charge in [-0.3, -0.25) is 4.72 Å². The highest BCUT2D eigenvalue weighted by atomic mass is 35.5. The molecule has 2 aromatic rings. The molecule has 116 valence electrons. The minimum Gasteiger partial charge on any atom is -0.495 e. The zero-order valence-corrected chi connectivity index (χ0v) is 13.0. The lowest BCUT2D eigenvalue weighted by molar-refractivity contribution is 0.0696. The summed E-state index contributed by atoms with van der Waals surface area (Å²) in [6, 6.07) is 9.38. The van der Waals surface area contributed by atoms with Gasteiger partial charge in [-0.1, -0.05) is 11.6 Å². The third-order valence-electron chi connectivity index (χ3n) is 2.82. The fourth-order valence-corrected chi connectivity index (χ4v) is 2.97. The van der Waals surface area contributed by atoms with Gasteiger partial charge in [0.25, 0.3) is 10.0 Å². The maximum atomic E-state index is 12.3. The van der Waals surface area contributed by atoms with Gasteiger partial charge in [0.2, 0.25) is 0 Å². The summed E-state index contributed by atoms with van der Waals surface area (Å²) in [5.41, 5.74) is 0.191. The number of nitrogens with one attached hydrogen (secondary N) is 1. The van der Waals surface area contributed by atoms with Crippen molar-refractivity contribution in [3.05, 3.63) is 53.1 Å². The summed E-state index contributed by atoms with van der Waals surface area (Å²) >= 11 is 5.85. The topological polar surface area (TPSA) is 92.7 Å². The second-order valence-corrected chi connectivity index (χ2v) is 6.40. The van der Waals surface area contributed by atoms with Crippen LogP contribution in [0.1, 0.15) is 10.4 Å². The Morgan fingerprint density at radius 3 is 2.36 bits per heavy atom. The number of methoxy groups -OCH3 is 1. The molecule has 0 bridgehead atoms. The molecule has 6 nitrogen and oxygen atoms in total. The van der Waals surface area contributed by atoms with Crippen LogP contribution in [-0.2, 0) is 10.0 Å². The molecule has 0 saturated carbocycles. The fourth-order valence-electron chi connectivity index (χ4n) is 1.74. The first-order valence-electron chi connectivity index (χ1n) is 6.03. The van der Waals surface area contributed by atoms with E-state index in [9.17, 15) is 13.2 Å². The molecule has 0 saturated heterocycles. The smallest absolute Gasteiger partial charge is 0.335 e. The highest BCUT2D eigenvalue weighted by Gasteiger charge is 2.17. The molecule has 0 spiro atoms. The summed E-state index contributed by atoms with van der Waals surface area (Å²) in [5.74, 6) is -0.816. The van der Waals surface area contributed by atoms with Crippen LogP contribution >= 0.6 is 11.6 Å². The minimum absolute atomic E-state index is 0.000661. The number of carboxylic acids is 1. The average molecular weight is 342 g/mol. The predicted molar refractivity (Wildman–Crippen MR) is 82.2 cm³/mol. The van der Waals surface area contributed by atoms with Crippen LogP contribution in [0.15, 0.2) is 47.4 Å². The summed E-state index contributed by atoms with van der Waals surface area (Å²) in [6.07, 6.45) is 0. The lowest BCUT2D eigenvalue weighted by Gasteiger charge is -2.12. The molecule has 0 unspecified atom stereocenters. The highest BCUT2D eigenvalue weighted by molar-refractivity contribution is 7.92. The van der Waals surface area contributed by atoms with Crippen molar-refractivity contribution in [3.63, 3.8) is 0 Å². The van der Waals surface area contributed by atoms with Crippen LogP contribution in [0.4, 0.5) is 5.69 Å². The van der Waals surface area contributed by atoms with Gasteiger partial charge in [-0.2, -0.15) is 0 Å². The van der Waals surface area contributed by atoms with Crippen molar-refractivity contribution in [2.45, 2.75) is 4.90 Å². The fraction of sp³-hybridized carbons (Fsp3) is 0.0714. The van der Waals surface area contributed by atoms with Crippen LogP contribution in [0, 0.1) is 0 Å². The Labute approximate surface area is 132 Å². The van der Waals surface area contributed by atoms with Gasteiger partial charge < -0.3 is 9.84 Å².